The number of nitrogens with one attached hydrogen (secondary N) is 3. The van der Waals surface area contributed by atoms with Crippen molar-refractivity contribution in [1.29, 1.82) is 0 Å². The Morgan fingerprint density at radius 1 is 1.24 bits per heavy atom. The Kier molecular flexibility index (Phi) is 7.95. The lowest BCUT2D eigenvalue weighted by Crippen LogP contribution is -2.44. The lowest BCUT2D eigenvalue weighted by Gasteiger charge is -2.20. The van der Waals surface area contributed by atoms with Crippen LogP contribution in [0.4, 0.5) is 10.8 Å². The summed E-state index contributed by atoms with van der Waals surface area (Å²) < 4.78 is 0. The number of anilines is 2. The van der Waals surface area contributed by atoms with Gasteiger partial charge in [-0.15, -0.1) is 22.7 Å². The normalized spacial score (nSPS) is 14.7. The predicted molar refractivity (Wildman–Crippen MR) is 134 cm³/mol. The third-order valence-corrected chi connectivity index (χ3v) is 7.70. The molecule has 0 radical (unpaired) electrons. The molecule has 1 aliphatic rings. The zero-order valence-corrected chi connectivity index (χ0v) is 20.7. The number of carbonyl (C=O) groups excluding carboxylic acids is 2. The SMILES string of the molecule is Cc1ncc(Cl)cc1NCc1ccc(C(=O)NC(CC2CCCC2)C(=O)Nc2nccs2)s1. The van der Waals surface area contributed by atoms with Crippen molar-refractivity contribution in [3.05, 3.63) is 56.4 Å². The summed E-state index contributed by atoms with van der Waals surface area (Å²) in [7, 11) is 0. The average molecular weight is 504 g/mol. The van der Waals surface area contributed by atoms with Crippen LogP contribution >= 0.6 is 34.3 Å². The van der Waals surface area contributed by atoms with Gasteiger partial charge in [0.25, 0.3) is 5.91 Å². The highest BCUT2D eigenvalue weighted by molar-refractivity contribution is 7.14. The largest absolute Gasteiger partial charge is 0.379 e. The molecule has 2 amide bonds. The highest BCUT2D eigenvalue weighted by atomic mass is 35.5. The fourth-order valence-electron chi connectivity index (χ4n) is 3.98. The van der Waals surface area contributed by atoms with Crippen LogP contribution < -0.4 is 16.0 Å². The maximum Gasteiger partial charge on any atom is 0.262 e. The predicted octanol–water partition coefficient (Wildman–Crippen LogP) is 5.49. The van der Waals surface area contributed by atoms with Gasteiger partial charge in [0.05, 0.1) is 21.3 Å². The van der Waals surface area contributed by atoms with Crippen molar-refractivity contribution in [1.82, 2.24) is 15.3 Å². The van der Waals surface area contributed by atoms with Gasteiger partial charge in [-0.1, -0.05) is 37.3 Å². The molecule has 1 saturated carbocycles. The van der Waals surface area contributed by atoms with Gasteiger partial charge < -0.3 is 16.0 Å². The summed E-state index contributed by atoms with van der Waals surface area (Å²) in [6, 6.07) is 4.96. The summed E-state index contributed by atoms with van der Waals surface area (Å²) in [5.41, 5.74) is 1.72. The van der Waals surface area contributed by atoms with E-state index in [4.69, 9.17) is 11.6 Å². The summed E-state index contributed by atoms with van der Waals surface area (Å²) >= 11 is 8.80. The molecule has 1 aliphatic carbocycles. The highest BCUT2D eigenvalue weighted by Gasteiger charge is 2.28. The van der Waals surface area contributed by atoms with E-state index in [9.17, 15) is 9.59 Å². The van der Waals surface area contributed by atoms with Crippen molar-refractivity contribution >= 4 is 56.9 Å². The number of pyridine rings is 1. The molecule has 3 heterocycles. The van der Waals surface area contributed by atoms with Crippen LogP contribution in [-0.2, 0) is 11.3 Å². The van der Waals surface area contributed by atoms with E-state index in [1.165, 1.54) is 35.5 Å². The molecule has 7 nitrogen and oxygen atoms in total. The van der Waals surface area contributed by atoms with Gasteiger partial charge in [0.1, 0.15) is 6.04 Å². The van der Waals surface area contributed by atoms with Crippen LogP contribution in [0, 0.1) is 12.8 Å². The molecule has 174 valence electrons. The number of thiophene rings is 1. The zero-order valence-electron chi connectivity index (χ0n) is 18.3. The van der Waals surface area contributed by atoms with Crippen LogP contribution in [0.3, 0.4) is 0 Å². The third kappa shape index (κ3) is 6.52. The minimum absolute atomic E-state index is 0.215. The Balaban J connectivity index is 1.39. The molecule has 0 aliphatic heterocycles. The lowest BCUT2D eigenvalue weighted by atomic mass is 9.97. The van der Waals surface area contributed by atoms with Crippen LogP contribution in [0.2, 0.25) is 5.02 Å². The number of nitrogens with zero attached hydrogens (tertiary/aromatic N) is 2. The van der Waals surface area contributed by atoms with Gasteiger partial charge in [-0.3, -0.25) is 14.6 Å². The fraction of sp³-hybridized carbons (Fsp3) is 0.391. The summed E-state index contributed by atoms with van der Waals surface area (Å²) in [6.07, 6.45) is 8.47. The summed E-state index contributed by atoms with van der Waals surface area (Å²) in [4.78, 5) is 35.8. The van der Waals surface area contributed by atoms with Crippen LogP contribution in [-0.4, -0.2) is 27.8 Å². The Labute approximate surface area is 206 Å². The van der Waals surface area contributed by atoms with E-state index >= 15 is 0 Å². The van der Waals surface area contributed by atoms with Gasteiger partial charge in [-0.25, -0.2) is 4.98 Å². The van der Waals surface area contributed by atoms with E-state index in [1.807, 2.05) is 24.4 Å². The Morgan fingerprint density at radius 2 is 2.06 bits per heavy atom. The van der Waals surface area contributed by atoms with E-state index in [2.05, 4.69) is 25.9 Å². The van der Waals surface area contributed by atoms with Crippen molar-refractivity contribution in [2.45, 2.75) is 51.6 Å². The smallest absolute Gasteiger partial charge is 0.262 e. The number of hydrogen-bond acceptors (Lipinski definition) is 7. The molecular weight excluding hydrogens is 478 g/mol. The minimum atomic E-state index is -0.589. The molecule has 0 saturated heterocycles. The van der Waals surface area contributed by atoms with Crippen molar-refractivity contribution in [2.75, 3.05) is 10.6 Å². The average Bonchev–Trinajstić information content (AvgIpc) is 3.57. The molecule has 4 rings (SSSR count). The number of thiazole rings is 1. The molecular formula is C23H26ClN5O2S2. The quantitative estimate of drug-likeness (QED) is 0.358. The second-order valence-electron chi connectivity index (χ2n) is 8.14. The van der Waals surface area contributed by atoms with Gasteiger partial charge >= 0.3 is 0 Å². The summed E-state index contributed by atoms with van der Waals surface area (Å²) in [5, 5.41) is 12.0. The molecule has 1 atom stereocenters. The molecule has 10 heteroatoms. The number of aryl methyl sites for hydroxylation is 1. The molecule has 1 fully saturated rings. The van der Waals surface area contributed by atoms with Gasteiger partial charge in [0, 0.05) is 29.2 Å². The Morgan fingerprint density at radius 3 is 2.82 bits per heavy atom. The van der Waals surface area contributed by atoms with E-state index in [-0.39, 0.29) is 11.8 Å². The number of halogens is 1. The van der Waals surface area contributed by atoms with Crippen molar-refractivity contribution < 1.29 is 9.59 Å². The molecule has 3 N–H and O–H groups in total. The molecule has 3 aromatic rings. The third-order valence-electron chi connectivity index (χ3n) is 5.72. The van der Waals surface area contributed by atoms with Gasteiger partial charge in [0.2, 0.25) is 5.91 Å². The molecule has 1 unspecified atom stereocenters. The van der Waals surface area contributed by atoms with E-state index < -0.39 is 6.04 Å². The van der Waals surface area contributed by atoms with Gasteiger partial charge in [0.15, 0.2) is 5.13 Å². The number of carbonyl (C=O) groups is 2. The first kappa shape index (κ1) is 23.7. The lowest BCUT2D eigenvalue weighted by molar-refractivity contribution is -0.118. The number of hydrogen-bond donors (Lipinski definition) is 3. The van der Waals surface area contributed by atoms with Gasteiger partial charge in [-0.05, 0) is 37.5 Å². The molecule has 33 heavy (non-hydrogen) atoms. The summed E-state index contributed by atoms with van der Waals surface area (Å²) in [6.45, 7) is 2.46. The van der Waals surface area contributed by atoms with E-state index in [0.717, 1.165) is 29.1 Å². The Bertz CT molecular complexity index is 1100. The van der Waals surface area contributed by atoms with Crippen molar-refractivity contribution in [3.8, 4) is 0 Å². The van der Waals surface area contributed by atoms with Crippen LogP contribution in [0.25, 0.3) is 0 Å². The topological polar surface area (TPSA) is 96.0 Å². The minimum Gasteiger partial charge on any atom is -0.379 e. The highest BCUT2D eigenvalue weighted by Crippen LogP contribution is 2.29. The van der Waals surface area contributed by atoms with Crippen LogP contribution in [0.15, 0.2) is 36.0 Å². The first-order chi connectivity index (χ1) is 16.0. The zero-order chi connectivity index (χ0) is 23.2. The first-order valence-corrected chi connectivity index (χ1v) is 13.0. The fourth-order valence-corrected chi connectivity index (χ4v) is 5.52. The summed E-state index contributed by atoms with van der Waals surface area (Å²) in [5.74, 6) is 0.00621. The monoisotopic (exact) mass is 503 g/mol. The first-order valence-electron chi connectivity index (χ1n) is 10.9. The van der Waals surface area contributed by atoms with Crippen LogP contribution in [0.5, 0.6) is 0 Å². The number of aromatic nitrogens is 2. The van der Waals surface area contributed by atoms with Crippen LogP contribution in [0.1, 0.15) is 52.3 Å². The molecule has 3 aromatic heterocycles. The number of rotatable bonds is 9. The van der Waals surface area contributed by atoms with Gasteiger partial charge in [-0.2, -0.15) is 0 Å². The molecule has 0 bridgehead atoms. The molecule has 0 aromatic carbocycles. The standard InChI is InChI=1S/C23H26ClN5O2S2/c1-14-18(11-16(24)12-26-14)27-13-17-6-7-20(33-17)22(31)28-19(10-15-4-2-3-5-15)21(30)29-23-25-8-9-32-23/h6-9,11-12,15,19,27H,2-5,10,13H2,1H3,(H,28,31)(H,25,29,30). The second kappa shape index (κ2) is 11.1. The maximum atomic E-state index is 13.0. The van der Waals surface area contributed by atoms with E-state index in [0.29, 0.717) is 33.9 Å². The van der Waals surface area contributed by atoms with Crippen molar-refractivity contribution in [2.24, 2.45) is 5.92 Å². The molecule has 0 spiro atoms. The van der Waals surface area contributed by atoms with Crippen molar-refractivity contribution in [3.63, 3.8) is 0 Å². The Hall–Kier alpha value is -2.49. The maximum absolute atomic E-state index is 13.0. The number of amides is 2. The second-order valence-corrected chi connectivity index (χ2v) is 10.6. The van der Waals surface area contributed by atoms with E-state index in [1.54, 1.807) is 18.5 Å².